The number of fused-ring (bicyclic) bond motifs is 3. The van der Waals surface area contributed by atoms with E-state index in [0.29, 0.717) is 5.69 Å². The maximum absolute atomic E-state index is 13.8. The van der Waals surface area contributed by atoms with E-state index in [1.165, 1.54) is 11.1 Å². The molecule has 0 amide bonds. The first-order chi connectivity index (χ1) is 16.2. The molecule has 0 saturated heterocycles. The molecule has 0 radical (unpaired) electrons. The standard InChI is InChI=1S/C17H10F2N.C11H10N2.Ir/c18-14-6-7-16(19)15(11-14)17-10-13(8-9-20-17)12-4-2-1-3-5-12;1-2-4-10-9(3-1)5-7-13-8-6-12-11(10)13;/h1-10H;1-3,6,8,11H,5,7H2;/q-1;-2;+3. The molecule has 1 atom stereocenters. The zero-order chi connectivity index (χ0) is 22.6. The third-order valence-electron chi connectivity index (χ3n) is 5.66. The van der Waals surface area contributed by atoms with Gasteiger partial charge in [-0.3, -0.25) is 4.39 Å². The molecule has 0 bridgehead atoms. The Hall–Kier alpha value is -3.34. The molecule has 3 aromatic carbocycles. The zero-order valence-corrected chi connectivity index (χ0v) is 20.5. The number of aromatic nitrogens is 1. The second-order valence-corrected chi connectivity index (χ2v) is 7.74. The van der Waals surface area contributed by atoms with Gasteiger partial charge in [-0.2, -0.15) is 41.6 Å². The second-order valence-electron chi connectivity index (χ2n) is 7.74. The van der Waals surface area contributed by atoms with E-state index in [2.05, 4.69) is 45.7 Å². The van der Waals surface area contributed by atoms with Gasteiger partial charge in [-0.15, -0.1) is 18.2 Å². The largest absolute Gasteiger partial charge is 3.00 e. The van der Waals surface area contributed by atoms with Crippen molar-refractivity contribution in [1.29, 1.82) is 0 Å². The van der Waals surface area contributed by atoms with Gasteiger partial charge in [-0.1, -0.05) is 48.4 Å². The number of nitrogens with zero attached hydrogens (tertiary/aromatic N) is 3. The fourth-order valence-electron chi connectivity index (χ4n) is 4.02. The van der Waals surface area contributed by atoms with E-state index in [1.807, 2.05) is 48.7 Å². The average molecular weight is 629 g/mol. The number of rotatable bonds is 2. The van der Waals surface area contributed by atoms with E-state index in [-0.39, 0.29) is 31.8 Å². The van der Waals surface area contributed by atoms with Gasteiger partial charge in [-0.25, -0.2) is 4.39 Å². The summed E-state index contributed by atoms with van der Waals surface area (Å²) >= 11 is 0. The summed E-state index contributed by atoms with van der Waals surface area (Å²) in [7, 11) is 0. The van der Waals surface area contributed by atoms with Crippen LogP contribution >= 0.6 is 0 Å². The first-order valence-corrected chi connectivity index (χ1v) is 10.7. The van der Waals surface area contributed by atoms with Crippen LogP contribution in [0.4, 0.5) is 8.78 Å². The van der Waals surface area contributed by atoms with Crippen LogP contribution in [0.3, 0.4) is 0 Å². The summed E-state index contributed by atoms with van der Waals surface area (Å²) in [6.45, 7) is 1.08. The van der Waals surface area contributed by atoms with Gasteiger partial charge in [-0.05, 0) is 35.3 Å². The van der Waals surface area contributed by atoms with Crippen LogP contribution < -0.4 is 0 Å². The van der Waals surface area contributed by atoms with E-state index < -0.39 is 11.6 Å². The van der Waals surface area contributed by atoms with Crippen LogP contribution in [0.5, 0.6) is 0 Å². The molecule has 34 heavy (non-hydrogen) atoms. The summed E-state index contributed by atoms with van der Waals surface area (Å²) in [4.78, 5) is 6.36. The molecule has 3 nitrogen and oxygen atoms in total. The molecule has 1 unspecified atom stereocenters. The zero-order valence-electron chi connectivity index (χ0n) is 18.1. The van der Waals surface area contributed by atoms with Crippen LogP contribution in [0.2, 0.25) is 0 Å². The molecule has 1 aromatic heterocycles. The Morgan fingerprint density at radius 2 is 1.82 bits per heavy atom. The van der Waals surface area contributed by atoms with Crippen LogP contribution in [-0.2, 0) is 26.5 Å². The summed E-state index contributed by atoms with van der Waals surface area (Å²) in [5, 5.41) is 4.41. The topological polar surface area (TPSA) is 30.2 Å². The number of pyridine rings is 1. The minimum atomic E-state index is -0.603. The smallest absolute Gasteiger partial charge is 0.668 e. The maximum atomic E-state index is 13.8. The third-order valence-corrected chi connectivity index (χ3v) is 5.66. The second kappa shape index (κ2) is 10.7. The minimum Gasteiger partial charge on any atom is -0.668 e. The SMILES string of the molecule is Fc1[c-]c(-c2cc(-c3ccccc3)ccn2)c(F)cc1.[Ir+3].[c-]1cccc2c1C1[N-]C=CN1CC2. The Kier molecular flexibility index (Phi) is 7.51. The quantitative estimate of drug-likeness (QED) is 0.232. The predicted octanol–water partition coefficient (Wildman–Crippen LogP) is 6.69. The van der Waals surface area contributed by atoms with Gasteiger partial charge in [0, 0.05) is 24.4 Å². The maximum Gasteiger partial charge on any atom is 3.00 e. The van der Waals surface area contributed by atoms with Crippen molar-refractivity contribution in [3.05, 3.63) is 132 Å². The Morgan fingerprint density at radius 3 is 2.68 bits per heavy atom. The molecule has 4 aromatic rings. The monoisotopic (exact) mass is 629 g/mol. The van der Waals surface area contributed by atoms with Gasteiger partial charge >= 0.3 is 20.1 Å². The van der Waals surface area contributed by atoms with Crippen molar-refractivity contribution in [1.82, 2.24) is 9.88 Å². The average Bonchev–Trinajstić information content (AvgIpc) is 3.36. The van der Waals surface area contributed by atoms with E-state index in [9.17, 15) is 8.78 Å². The molecule has 3 heterocycles. The Morgan fingerprint density at radius 1 is 0.971 bits per heavy atom. The Bertz CT molecular complexity index is 1290. The van der Waals surface area contributed by atoms with Gasteiger partial charge in [0.2, 0.25) is 0 Å². The number of benzene rings is 3. The molecular formula is C28H20F2IrN3. The Labute approximate surface area is 211 Å². The first kappa shape index (κ1) is 23.8. The number of hydrogen-bond donors (Lipinski definition) is 0. The van der Waals surface area contributed by atoms with Crippen LogP contribution in [0.1, 0.15) is 17.3 Å². The van der Waals surface area contributed by atoms with Gasteiger partial charge in [0.25, 0.3) is 0 Å². The molecule has 2 aliphatic heterocycles. The summed E-state index contributed by atoms with van der Waals surface area (Å²) < 4.78 is 27.0. The van der Waals surface area contributed by atoms with Gasteiger partial charge < -0.3 is 15.2 Å². The molecule has 170 valence electrons. The Balaban J connectivity index is 0.000000169. The van der Waals surface area contributed by atoms with Crippen molar-refractivity contribution in [2.75, 3.05) is 6.54 Å². The molecular weight excluding hydrogens is 609 g/mol. The van der Waals surface area contributed by atoms with Crippen molar-refractivity contribution in [2.45, 2.75) is 12.6 Å². The number of halogens is 2. The normalized spacial score (nSPS) is 15.2. The van der Waals surface area contributed by atoms with E-state index in [0.717, 1.165) is 36.2 Å². The molecule has 0 N–H and O–H groups in total. The van der Waals surface area contributed by atoms with Crippen molar-refractivity contribution in [3.8, 4) is 22.4 Å². The fourth-order valence-corrected chi connectivity index (χ4v) is 4.02. The first-order valence-electron chi connectivity index (χ1n) is 10.7. The summed E-state index contributed by atoms with van der Waals surface area (Å²) in [5.74, 6) is -1.14. The summed E-state index contributed by atoms with van der Waals surface area (Å²) in [6, 6.07) is 27.2. The van der Waals surface area contributed by atoms with Crippen molar-refractivity contribution in [3.63, 3.8) is 0 Å². The molecule has 0 fully saturated rings. The van der Waals surface area contributed by atoms with Crippen LogP contribution in [-0.4, -0.2) is 16.4 Å². The van der Waals surface area contributed by atoms with E-state index >= 15 is 0 Å². The van der Waals surface area contributed by atoms with Crippen LogP contribution in [0, 0.1) is 23.8 Å². The van der Waals surface area contributed by atoms with Gasteiger partial charge in [0.05, 0.1) is 0 Å². The fraction of sp³-hybridized carbons (Fsp3) is 0.107. The van der Waals surface area contributed by atoms with Gasteiger partial charge in [0.1, 0.15) is 0 Å². The molecule has 2 aliphatic rings. The van der Waals surface area contributed by atoms with Crippen molar-refractivity contribution < 1.29 is 28.9 Å². The minimum absolute atomic E-state index is 0. The van der Waals surface area contributed by atoms with Crippen molar-refractivity contribution >= 4 is 0 Å². The van der Waals surface area contributed by atoms with E-state index in [4.69, 9.17) is 0 Å². The molecule has 6 rings (SSSR count). The van der Waals surface area contributed by atoms with Crippen LogP contribution in [0.15, 0.2) is 91.4 Å². The van der Waals surface area contributed by atoms with Gasteiger partial charge in [0.15, 0.2) is 0 Å². The summed E-state index contributed by atoms with van der Waals surface area (Å²) in [5.41, 5.74) is 4.95. The molecule has 0 saturated carbocycles. The third kappa shape index (κ3) is 5.09. The van der Waals surface area contributed by atoms with E-state index in [1.54, 1.807) is 12.3 Å². The molecule has 6 heteroatoms. The van der Waals surface area contributed by atoms with Crippen LogP contribution in [0.25, 0.3) is 27.7 Å². The summed E-state index contributed by atoms with van der Waals surface area (Å²) in [6.07, 6.45) is 6.86. The predicted molar refractivity (Wildman–Crippen MR) is 125 cm³/mol. The van der Waals surface area contributed by atoms with Crippen molar-refractivity contribution in [2.24, 2.45) is 0 Å². The molecule has 0 spiro atoms. The molecule has 0 aliphatic carbocycles. The number of hydrogen-bond acceptors (Lipinski definition) is 2.